The third-order valence-corrected chi connectivity index (χ3v) is 9.05. The van der Waals surface area contributed by atoms with E-state index in [4.69, 9.17) is 21.5 Å². The van der Waals surface area contributed by atoms with Crippen LogP contribution in [-0.4, -0.2) is 63.4 Å². The molecular weight excluding hydrogens is 695 g/mol. The monoisotopic (exact) mass is 727 g/mol. The van der Waals surface area contributed by atoms with Crippen LogP contribution >= 0.6 is 23.4 Å². The maximum absolute atomic E-state index is 13.4. The van der Waals surface area contributed by atoms with Gasteiger partial charge in [0.05, 0.1) is 11.9 Å². The number of nitrogens with one attached hydrogen (secondary N) is 4. The van der Waals surface area contributed by atoms with E-state index in [2.05, 4.69) is 43.4 Å². The van der Waals surface area contributed by atoms with Crippen LogP contribution in [0.4, 0.5) is 52.5 Å². The molecule has 11 nitrogen and oxygen atoms in total. The number of halogens is 4. The number of anilines is 6. The Bertz CT molecular complexity index is 1870. The molecule has 0 saturated carbocycles. The standard InChI is InChI=1S/C32H32ClN7O2S.C2HF3O2/c1-43-28-8-3-2-7-27(28)38-32(42)40-15-13-21(14-16-40)30(41)37-26-12-11-24-18-22(26)10-9-20-5-4-6-23(17-20)36-31-34-19-25(33)29(35-24)39-31;3-2(4,5)1(6)7/h2-8,11-12,17-19,21H,9-10,13-16H2,1H3,(H,37,41)(H,38,42)(H2,34,35,36,39);(H,6,7). The number of amides is 3. The van der Waals surface area contributed by atoms with Crippen molar-refractivity contribution in [1.29, 1.82) is 0 Å². The molecule has 16 heteroatoms. The number of piperidine rings is 1. The van der Waals surface area contributed by atoms with Crippen LogP contribution in [0, 0.1) is 5.92 Å². The van der Waals surface area contributed by atoms with Gasteiger partial charge in [0, 0.05) is 41.0 Å². The Kier molecular flexibility index (Phi) is 11.7. The number of aromatic nitrogens is 2. The third-order valence-electron chi connectivity index (χ3n) is 7.98. The molecule has 3 amide bonds. The van der Waals surface area contributed by atoms with E-state index in [0.29, 0.717) is 42.7 Å². The number of hydrogen-bond acceptors (Lipinski definition) is 8. The molecule has 1 aromatic heterocycles. The average Bonchev–Trinajstić information content (AvgIpc) is 3.10. The summed E-state index contributed by atoms with van der Waals surface area (Å²) >= 11 is 7.99. The number of carboxylic acid groups (broad SMARTS) is 1. The Morgan fingerprint density at radius 3 is 2.38 bits per heavy atom. The summed E-state index contributed by atoms with van der Waals surface area (Å²) in [5, 5.41) is 20.3. The summed E-state index contributed by atoms with van der Waals surface area (Å²) < 4.78 is 31.7. The first-order chi connectivity index (χ1) is 23.9. The van der Waals surface area contributed by atoms with Crippen LogP contribution < -0.4 is 21.3 Å². The number of para-hydroxylation sites is 1. The van der Waals surface area contributed by atoms with Crippen molar-refractivity contribution in [1.82, 2.24) is 14.9 Å². The van der Waals surface area contributed by atoms with E-state index in [9.17, 15) is 22.8 Å². The topological polar surface area (TPSA) is 149 Å². The first-order valence-corrected chi connectivity index (χ1v) is 17.1. The van der Waals surface area contributed by atoms with Crippen molar-refractivity contribution in [3.63, 3.8) is 0 Å². The normalized spacial score (nSPS) is 14.2. The largest absolute Gasteiger partial charge is 0.490 e. The molecule has 6 rings (SSSR count). The summed E-state index contributed by atoms with van der Waals surface area (Å²) in [5.41, 5.74) is 5.44. The van der Waals surface area contributed by atoms with Gasteiger partial charge in [0.15, 0.2) is 5.82 Å². The van der Waals surface area contributed by atoms with E-state index in [0.717, 1.165) is 51.6 Å². The lowest BCUT2D eigenvalue weighted by molar-refractivity contribution is -0.192. The number of alkyl halides is 3. The number of likely N-dealkylation sites (tertiary alicyclic amines) is 1. The fourth-order valence-electron chi connectivity index (χ4n) is 5.39. The highest BCUT2D eigenvalue weighted by atomic mass is 35.5. The number of hydrogen-bond donors (Lipinski definition) is 5. The highest BCUT2D eigenvalue weighted by molar-refractivity contribution is 7.98. The number of thioether (sulfide) groups is 1. The molecule has 0 atom stereocenters. The van der Waals surface area contributed by atoms with Gasteiger partial charge in [-0.3, -0.25) is 4.79 Å². The van der Waals surface area contributed by atoms with Gasteiger partial charge in [0.2, 0.25) is 11.9 Å². The lowest BCUT2D eigenvalue weighted by Crippen LogP contribution is -2.43. The van der Waals surface area contributed by atoms with E-state index in [1.807, 2.05) is 60.9 Å². The van der Waals surface area contributed by atoms with E-state index >= 15 is 0 Å². The Morgan fingerprint density at radius 1 is 0.940 bits per heavy atom. The van der Waals surface area contributed by atoms with Crippen LogP contribution in [-0.2, 0) is 22.4 Å². The lowest BCUT2D eigenvalue weighted by atomic mass is 9.95. The van der Waals surface area contributed by atoms with Crippen molar-refractivity contribution in [2.45, 2.75) is 36.8 Å². The average molecular weight is 728 g/mol. The summed E-state index contributed by atoms with van der Waals surface area (Å²) in [6, 6.07) is 21.6. The first-order valence-electron chi connectivity index (χ1n) is 15.5. The van der Waals surface area contributed by atoms with Crippen molar-refractivity contribution in [2.24, 2.45) is 5.92 Å². The Balaban J connectivity index is 0.000000630. The van der Waals surface area contributed by atoms with Crippen molar-refractivity contribution < 1.29 is 32.7 Å². The zero-order valence-electron chi connectivity index (χ0n) is 26.7. The fraction of sp³-hybridized carbons (Fsp3) is 0.265. The summed E-state index contributed by atoms with van der Waals surface area (Å²) in [7, 11) is 0. The summed E-state index contributed by atoms with van der Waals surface area (Å²) in [6.45, 7) is 1.04. The van der Waals surface area contributed by atoms with Crippen LogP contribution in [0.1, 0.15) is 24.0 Å². The maximum atomic E-state index is 13.4. The Hall–Kier alpha value is -5.02. The molecule has 0 aliphatic carbocycles. The lowest BCUT2D eigenvalue weighted by Gasteiger charge is -2.31. The second-order valence-electron chi connectivity index (χ2n) is 11.4. The molecular formula is C34H33ClF3N7O4S. The molecule has 4 aromatic rings. The molecule has 2 aliphatic rings. The van der Waals surface area contributed by atoms with Crippen molar-refractivity contribution >= 4 is 75.8 Å². The molecule has 0 unspecified atom stereocenters. The van der Waals surface area contributed by atoms with Crippen molar-refractivity contribution in [3.8, 4) is 0 Å². The van der Waals surface area contributed by atoms with Gasteiger partial charge < -0.3 is 31.3 Å². The van der Waals surface area contributed by atoms with E-state index in [1.54, 1.807) is 22.9 Å². The van der Waals surface area contributed by atoms with Gasteiger partial charge in [-0.05, 0) is 85.5 Å². The number of carbonyl (C=O) groups excluding carboxylic acids is 2. The highest BCUT2D eigenvalue weighted by Crippen LogP contribution is 2.31. The molecule has 0 spiro atoms. The number of benzene rings is 3. The minimum absolute atomic E-state index is 0.0256. The highest BCUT2D eigenvalue weighted by Gasteiger charge is 2.38. The van der Waals surface area contributed by atoms with Crippen LogP contribution in [0.3, 0.4) is 0 Å². The minimum Gasteiger partial charge on any atom is -0.475 e. The zero-order chi connectivity index (χ0) is 35.8. The number of urea groups is 1. The van der Waals surface area contributed by atoms with Gasteiger partial charge in [-0.25, -0.2) is 14.6 Å². The van der Waals surface area contributed by atoms with Crippen LogP contribution in [0.15, 0.2) is 77.8 Å². The van der Waals surface area contributed by atoms with Crippen molar-refractivity contribution in [3.05, 3.63) is 89.1 Å². The van der Waals surface area contributed by atoms with Gasteiger partial charge in [0.1, 0.15) is 5.02 Å². The molecule has 3 aromatic carbocycles. The number of carbonyl (C=O) groups is 3. The Labute approximate surface area is 295 Å². The molecule has 6 bridgehead atoms. The van der Waals surface area contributed by atoms with Gasteiger partial charge >= 0.3 is 18.2 Å². The van der Waals surface area contributed by atoms with E-state index < -0.39 is 12.1 Å². The SMILES string of the molecule is CSc1ccccc1NC(=O)N1CCC(C(=O)Nc2ccc3cc2CCc2cccc(c2)Nc2ncc(Cl)c(n2)N3)CC1.O=C(O)C(F)(F)F. The van der Waals surface area contributed by atoms with Gasteiger partial charge in [-0.15, -0.1) is 11.8 Å². The quantitative estimate of drug-likeness (QED) is 0.132. The smallest absolute Gasteiger partial charge is 0.475 e. The molecule has 1 fully saturated rings. The number of nitrogens with zero attached hydrogens (tertiary/aromatic N) is 3. The van der Waals surface area contributed by atoms with Gasteiger partial charge in [-0.1, -0.05) is 35.9 Å². The predicted molar refractivity (Wildman–Crippen MR) is 188 cm³/mol. The second-order valence-corrected chi connectivity index (χ2v) is 12.7. The Morgan fingerprint density at radius 2 is 1.66 bits per heavy atom. The molecule has 0 radical (unpaired) electrons. The summed E-state index contributed by atoms with van der Waals surface area (Å²) in [5.74, 6) is -2.02. The predicted octanol–water partition coefficient (Wildman–Crippen LogP) is 7.95. The van der Waals surface area contributed by atoms with E-state index in [-0.39, 0.29) is 17.9 Å². The summed E-state index contributed by atoms with van der Waals surface area (Å²) in [4.78, 5) is 46.9. The second kappa shape index (κ2) is 16.1. The molecule has 1 saturated heterocycles. The van der Waals surface area contributed by atoms with E-state index in [1.165, 1.54) is 0 Å². The zero-order valence-corrected chi connectivity index (χ0v) is 28.3. The maximum Gasteiger partial charge on any atom is 0.490 e. The molecule has 2 aliphatic heterocycles. The van der Waals surface area contributed by atoms with Crippen LogP contribution in [0.5, 0.6) is 0 Å². The molecule has 5 N–H and O–H groups in total. The molecule has 50 heavy (non-hydrogen) atoms. The summed E-state index contributed by atoms with van der Waals surface area (Å²) in [6.07, 6.45) is 1.19. The number of fused-ring (bicyclic) bond motifs is 6. The van der Waals surface area contributed by atoms with Gasteiger partial charge in [0.25, 0.3) is 0 Å². The van der Waals surface area contributed by atoms with Gasteiger partial charge in [-0.2, -0.15) is 18.2 Å². The molecule has 262 valence electrons. The van der Waals surface area contributed by atoms with Crippen LogP contribution in [0.25, 0.3) is 0 Å². The number of aryl methyl sites for hydroxylation is 2. The van der Waals surface area contributed by atoms with Crippen molar-refractivity contribution in [2.75, 3.05) is 40.6 Å². The molecule has 3 heterocycles. The first kappa shape index (κ1) is 36.3. The number of aliphatic carboxylic acids is 1. The number of rotatable bonds is 4. The minimum atomic E-state index is -5.08. The van der Waals surface area contributed by atoms with Crippen LogP contribution in [0.2, 0.25) is 5.02 Å². The number of carboxylic acids is 1. The fourth-order valence-corrected chi connectivity index (χ4v) is 6.08. The third kappa shape index (κ3) is 9.57.